The highest BCUT2D eigenvalue weighted by Gasteiger charge is 2.27. The van der Waals surface area contributed by atoms with E-state index in [9.17, 15) is 13.2 Å². The first-order valence-corrected chi connectivity index (χ1v) is 13.3. The summed E-state index contributed by atoms with van der Waals surface area (Å²) in [6, 6.07) is 12.7. The van der Waals surface area contributed by atoms with Crippen LogP contribution in [0.25, 0.3) is 11.3 Å². The van der Waals surface area contributed by atoms with E-state index < -0.39 is 10.0 Å². The topological polar surface area (TPSA) is 91.4 Å². The standard InChI is InChI=1S/C24H28N4O3S2/c1-17-9-10-20(14-23(17)33(30,31)28-11-4-3-5-12-28)25-15-24(29)27-21-8-6-7-19(13-21)22-16-32-18(2)26-22/h6-10,13-14,16,25H,3-5,11-12,15H2,1-2H3,(H,27,29). The SMILES string of the molecule is Cc1nc(-c2cccc(NC(=O)CNc3ccc(C)c(S(=O)(=O)N4CCCCC4)c3)c2)cs1. The highest BCUT2D eigenvalue weighted by atomic mass is 32.2. The van der Waals surface area contributed by atoms with Crippen molar-refractivity contribution in [2.75, 3.05) is 30.3 Å². The molecule has 2 heterocycles. The Bertz CT molecular complexity index is 1250. The van der Waals surface area contributed by atoms with Gasteiger partial charge in [-0.25, -0.2) is 13.4 Å². The van der Waals surface area contributed by atoms with Crippen LogP contribution in [0.5, 0.6) is 0 Å². The van der Waals surface area contributed by atoms with Gasteiger partial charge in [-0.2, -0.15) is 4.31 Å². The van der Waals surface area contributed by atoms with E-state index in [2.05, 4.69) is 15.6 Å². The third kappa shape index (κ3) is 5.61. The number of sulfonamides is 1. The van der Waals surface area contributed by atoms with E-state index in [1.807, 2.05) is 36.6 Å². The molecule has 174 valence electrons. The lowest BCUT2D eigenvalue weighted by Crippen LogP contribution is -2.36. The van der Waals surface area contributed by atoms with E-state index in [1.165, 1.54) is 0 Å². The van der Waals surface area contributed by atoms with Crippen LogP contribution in [-0.4, -0.2) is 43.2 Å². The summed E-state index contributed by atoms with van der Waals surface area (Å²) in [5.41, 5.74) is 3.80. The Morgan fingerprint density at radius 1 is 1.06 bits per heavy atom. The summed E-state index contributed by atoms with van der Waals surface area (Å²) >= 11 is 1.58. The first-order chi connectivity index (χ1) is 15.8. The Kier molecular flexibility index (Phi) is 7.11. The molecule has 3 aromatic rings. The molecule has 0 unspecified atom stereocenters. The van der Waals surface area contributed by atoms with Gasteiger partial charge in [0.25, 0.3) is 0 Å². The van der Waals surface area contributed by atoms with Gasteiger partial charge in [-0.05, 0) is 56.5 Å². The van der Waals surface area contributed by atoms with Crippen molar-refractivity contribution in [3.63, 3.8) is 0 Å². The molecule has 1 saturated heterocycles. The van der Waals surface area contributed by atoms with Crippen molar-refractivity contribution in [3.05, 3.63) is 58.4 Å². The molecular formula is C24H28N4O3S2. The summed E-state index contributed by atoms with van der Waals surface area (Å²) in [7, 11) is -3.54. The van der Waals surface area contributed by atoms with Crippen LogP contribution in [0.15, 0.2) is 52.7 Å². The van der Waals surface area contributed by atoms with Crippen LogP contribution >= 0.6 is 11.3 Å². The molecule has 0 spiro atoms. The molecule has 2 aromatic carbocycles. The largest absolute Gasteiger partial charge is 0.376 e. The number of benzene rings is 2. The molecule has 33 heavy (non-hydrogen) atoms. The number of hydrogen-bond acceptors (Lipinski definition) is 6. The Morgan fingerprint density at radius 2 is 1.85 bits per heavy atom. The molecule has 1 aliphatic rings. The predicted octanol–water partition coefficient (Wildman–Crippen LogP) is 4.65. The number of aromatic nitrogens is 1. The van der Waals surface area contributed by atoms with Crippen LogP contribution in [0.2, 0.25) is 0 Å². The van der Waals surface area contributed by atoms with Gasteiger partial charge in [-0.3, -0.25) is 4.79 Å². The lowest BCUT2D eigenvalue weighted by molar-refractivity contribution is -0.114. The maximum Gasteiger partial charge on any atom is 0.243 e. The second kappa shape index (κ2) is 10.0. The Labute approximate surface area is 198 Å². The molecule has 4 rings (SSSR count). The van der Waals surface area contributed by atoms with Gasteiger partial charge >= 0.3 is 0 Å². The Hall–Kier alpha value is -2.75. The zero-order valence-electron chi connectivity index (χ0n) is 18.8. The van der Waals surface area contributed by atoms with Crippen molar-refractivity contribution >= 4 is 38.6 Å². The van der Waals surface area contributed by atoms with Crippen molar-refractivity contribution in [1.29, 1.82) is 0 Å². The minimum atomic E-state index is -3.54. The van der Waals surface area contributed by atoms with E-state index in [4.69, 9.17) is 0 Å². The molecule has 1 amide bonds. The zero-order chi connectivity index (χ0) is 23.4. The van der Waals surface area contributed by atoms with Crippen LogP contribution in [0.4, 0.5) is 11.4 Å². The third-order valence-electron chi connectivity index (χ3n) is 5.64. The van der Waals surface area contributed by atoms with E-state index >= 15 is 0 Å². The number of nitrogens with zero attached hydrogens (tertiary/aromatic N) is 2. The van der Waals surface area contributed by atoms with E-state index in [1.54, 1.807) is 40.8 Å². The smallest absolute Gasteiger partial charge is 0.243 e. The summed E-state index contributed by atoms with van der Waals surface area (Å²) in [5.74, 6) is -0.220. The second-order valence-electron chi connectivity index (χ2n) is 8.18. The highest BCUT2D eigenvalue weighted by molar-refractivity contribution is 7.89. The van der Waals surface area contributed by atoms with Crippen molar-refractivity contribution in [3.8, 4) is 11.3 Å². The minimum absolute atomic E-state index is 0.0201. The molecule has 0 radical (unpaired) electrons. The molecule has 1 aromatic heterocycles. The molecule has 0 atom stereocenters. The molecule has 9 heteroatoms. The van der Waals surface area contributed by atoms with Crippen LogP contribution in [0.3, 0.4) is 0 Å². The third-order valence-corrected chi connectivity index (χ3v) is 8.45. The maximum atomic E-state index is 13.1. The average Bonchev–Trinajstić information content (AvgIpc) is 3.25. The van der Waals surface area contributed by atoms with Gasteiger partial charge in [-0.15, -0.1) is 11.3 Å². The number of carbonyl (C=O) groups excluding carboxylic acids is 1. The molecule has 0 aliphatic carbocycles. The van der Waals surface area contributed by atoms with Gasteiger partial charge in [0.2, 0.25) is 15.9 Å². The molecule has 0 bridgehead atoms. The van der Waals surface area contributed by atoms with Crippen molar-refractivity contribution in [2.24, 2.45) is 0 Å². The molecule has 2 N–H and O–H groups in total. The molecule has 1 fully saturated rings. The van der Waals surface area contributed by atoms with Crippen molar-refractivity contribution in [1.82, 2.24) is 9.29 Å². The van der Waals surface area contributed by atoms with Crippen molar-refractivity contribution < 1.29 is 13.2 Å². The fourth-order valence-electron chi connectivity index (χ4n) is 3.87. The van der Waals surface area contributed by atoms with Gasteiger partial charge in [-0.1, -0.05) is 24.6 Å². The summed E-state index contributed by atoms with van der Waals surface area (Å²) in [6.07, 6.45) is 2.84. The van der Waals surface area contributed by atoms with Gasteiger partial charge in [0.1, 0.15) is 0 Å². The Balaban J connectivity index is 1.41. The van der Waals surface area contributed by atoms with Crippen LogP contribution in [0.1, 0.15) is 29.8 Å². The van der Waals surface area contributed by atoms with Gasteiger partial charge < -0.3 is 10.6 Å². The number of rotatable bonds is 7. The average molecular weight is 485 g/mol. The second-order valence-corrected chi connectivity index (χ2v) is 11.1. The van der Waals surface area contributed by atoms with Crippen LogP contribution in [-0.2, 0) is 14.8 Å². The van der Waals surface area contributed by atoms with Crippen molar-refractivity contribution in [2.45, 2.75) is 38.0 Å². The number of aryl methyl sites for hydroxylation is 2. The molecule has 0 saturated carbocycles. The number of hydrogen-bond donors (Lipinski definition) is 2. The van der Waals surface area contributed by atoms with E-state index in [0.717, 1.165) is 35.5 Å². The number of amides is 1. The summed E-state index contributed by atoms with van der Waals surface area (Å²) in [5, 5.41) is 8.92. The number of thiazole rings is 1. The van der Waals surface area contributed by atoms with Gasteiger partial charge in [0.05, 0.1) is 22.1 Å². The van der Waals surface area contributed by atoms with Crippen LogP contribution in [0, 0.1) is 13.8 Å². The van der Waals surface area contributed by atoms with Gasteiger partial charge in [0, 0.05) is 35.4 Å². The minimum Gasteiger partial charge on any atom is -0.376 e. The van der Waals surface area contributed by atoms with E-state index in [-0.39, 0.29) is 12.5 Å². The summed E-state index contributed by atoms with van der Waals surface area (Å²) in [6.45, 7) is 4.89. The fraction of sp³-hybridized carbons (Fsp3) is 0.333. The highest BCUT2D eigenvalue weighted by Crippen LogP contribution is 2.26. The predicted molar refractivity (Wildman–Crippen MR) is 133 cm³/mol. The zero-order valence-corrected chi connectivity index (χ0v) is 20.4. The van der Waals surface area contributed by atoms with Crippen LogP contribution < -0.4 is 10.6 Å². The first-order valence-electron chi connectivity index (χ1n) is 11.0. The number of piperidine rings is 1. The lowest BCUT2D eigenvalue weighted by atomic mass is 10.1. The molecular weight excluding hydrogens is 456 g/mol. The Morgan fingerprint density at radius 3 is 2.58 bits per heavy atom. The molecule has 1 aliphatic heterocycles. The summed E-state index contributed by atoms with van der Waals surface area (Å²) < 4.78 is 27.8. The maximum absolute atomic E-state index is 13.1. The molecule has 7 nitrogen and oxygen atoms in total. The lowest BCUT2D eigenvalue weighted by Gasteiger charge is -2.26. The number of anilines is 2. The number of carbonyl (C=O) groups is 1. The fourth-order valence-corrected chi connectivity index (χ4v) is 6.26. The number of nitrogens with one attached hydrogen (secondary N) is 2. The van der Waals surface area contributed by atoms with Gasteiger partial charge in [0.15, 0.2) is 0 Å². The van der Waals surface area contributed by atoms with E-state index in [0.29, 0.717) is 34.9 Å². The quantitative estimate of drug-likeness (QED) is 0.509. The monoisotopic (exact) mass is 484 g/mol. The normalized spacial score (nSPS) is 14.7. The summed E-state index contributed by atoms with van der Waals surface area (Å²) in [4.78, 5) is 17.3. The first kappa shape index (κ1) is 23.4.